The maximum absolute atomic E-state index is 12.9. The highest BCUT2D eigenvalue weighted by Gasteiger charge is 2.27. The Morgan fingerprint density at radius 3 is 2.55 bits per heavy atom. The highest BCUT2D eigenvalue weighted by Crippen LogP contribution is 2.31. The van der Waals surface area contributed by atoms with Crippen molar-refractivity contribution in [1.82, 2.24) is 4.90 Å². The van der Waals surface area contributed by atoms with Gasteiger partial charge in [0.2, 0.25) is 0 Å². The van der Waals surface area contributed by atoms with Gasteiger partial charge in [0, 0.05) is 22.2 Å². The molecule has 2 aromatic carbocycles. The third-order valence-electron chi connectivity index (χ3n) is 4.10. The van der Waals surface area contributed by atoms with Crippen LogP contribution in [0.15, 0.2) is 48.5 Å². The van der Waals surface area contributed by atoms with Crippen molar-refractivity contribution in [3.63, 3.8) is 0 Å². The van der Waals surface area contributed by atoms with Gasteiger partial charge in [-0.3, -0.25) is 4.79 Å². The van der Waals surface area contributed by atoms with E-state index in [1.807, 2.05) is 41.3 Å². The second-order valence-electron chi connectivity index (χ2n) is 6.08. The Bertz CT molecular complexity index is 664. The molecule has 3 heteroatoms. The number of benzene rings is 2. The van der Waals surface area contributed by atoms with E-state index in [0.717, 1.165) is 15.7 Å². The van der Waals surface area contributed by atoms with Gasteiger partial charge in [0.1, 0.15) is 0 Å². The summed E-state index contributed by atoms with van der Waals surface area (Å²) in [6.45, 7) is 3.64. The molecule has 2 nitrogen and oxygen atoms in total. The van der Waals surface area contributed by atoms with Gasteiger partial charge in [0.15, 0.2) is 0 Å². The molecule has 3 rings (SSSR count). The molecule has 0 radical (unpaired) electrons. The van der Waals surface area contributed by atoms with Gasteiger partial charge in [-0.15, -0.1) is 0 Å². The minimum absolute atomic E-state index is 0.147. The molecule has 0 N–H and O–H groups in total. The van der Waals surface area contributed by atoms with Crippen molar-refractivity contribution in [3.8, 4) is 0 Å². The van der Waals surface area contributed by atoms with Crippen LogP contribution >= 0.6 is 22.6 Å². The zero-order chi connectivity index (χ0) is 15.5. The van der Waals surface area contributed by atoms with Crippen molar-refractivity contribution in [2.75, 3.05) is 6.54 Å². The minimum Gasteiger partial charge on any atom is -0.334 e. The predicted molar refractivity (Wildman–Crippen MR) is 97.8 cm³/mol. The number of rotatable bonds is 5. The number of nitrogens with zero attached hydrogens (tertiary/aromatic N) is 1. The predicted octanol–water partition coefficient (Wildman–Crippen LogP) is 4.65. The van der Waals surface area contributed by atoms with Gasteiger partial charge < -0.3 is 4.90 Å². The Kier molecular flexibility index (Phi) is 4.81. The summed E-state index contributed by atoms with van der Waals surface area (Å²) in [6, 6.07) is 16.2. The fraction of sp³-hybridized carbons (Fsp3) is 0.316. The molecule has 0 spiro atoms. The average Bonchev–Trinajstić information content (AvgIpc) is 3.34. The number of halogens is 1. The first-order chi connectivity index (χ1) is 10.6. The van der Waals surface area contributed by atoms with Gasteiger partial charge >= 0.3 is 0 Å². The van der Waals surface area contributed by atoms with Crippen LogP contribution in [0, 0.1) is 16.4 Å². The van der Waals surface area contributed by atoms with Crippen molar-refractivity contribution in [1.29, 1.82) is 0 Å². The normalized spacial score (nSPS) is 13.9. The Balaban J connectivity index is 1.81. The van der Waals surface area contributed by atoms with Crippen molar-refractivity contribution in [2.45, 2.75) is 26.3 Å². The largest absolute Gasteiger partial charge is 0.334 e. The van der Waals surface area contributed by atoms with E-state index in [2.05, 4.69) is 41.6 Å². The van der Waals surface area contributed by atoms with E-state index in [1.54, 1.807) is 0 Å². The molecular formula is C19H20INO. The maximum Gasteiger partial charge on any atom is 0.254 e. The fourth-order valence-corrected chi connectivity index (χ4v) is 3.06. The van der Waals surface area contributed by atoms with Gasteiger partial charge in [-0.2, -0.15) is 0 Å². The van der Waals surface area contributed by atoms with E-state index >= 15 is 0 Å². The molecule has 0 heterocycles. The van der Waals surface area contributed by atoms with Crippen LogP contribution in [0.2, 0.25) is 0 Å². The smallest absolute Gasteiger partial charge is 0.254 e. The molecule has 0 saturated heterocycles. The zero-order valence-electron chi connectivity index (χ0n) is 12.8. The molecule has 1 fully saturated rings. The number of carbonyl (C=O) groups excluding carboxylic acids is 1. The topological polar surface area (TPSA) is 20.3 Å². The number of amides is 1. The van der Waals surface area contributed by atoms with Crippen LogP contribution in [0.25, 0.3) is 0 Å². The first-order valence-corrected chi connectivity index (χ1v) is 8.80. The number of carbonyl (C=O) groups is 1. The quantitative estimate of drug-likeness (QED) is 0.664. The van der Waals surface area contributed by atoms with Crippen molar-refractivity contribution in [2.24, 2.45) is 5.92 Å². The minimum atomic E-state index is 0.147. The lowest BCUT2D eigenvalue weighted by Gasteiger charge is -2.23. The van der Waals surface area contributed by atoms with Crippen LogP contribution in [0.5, 0.6) is 0 Å². The Hall–Kier alpha value is -1.36. The molecule has 0 aliphatic heterocycles. The van der Waals surface area contributed by atoms with Crippen LogP contribution in [0.4, 0.5) is 0 Å². The van der Waals surface area contributed by atoms with E-state index in [0.29, 0.717) is 12.5 Å². The van der Waals surface area contributed by atoms with Crippen LogP contribution in [0.1, 0.15) is 34.3 Å². The summed E-state index contributed by atoms with van der Waals surface area (Å²) in [7, 11) is 0. The summed E-state index contributed by atoms with van der Waals surface area (Å²) in [5.41, 5.74) is 3.21. The van der Waals surface area contributed by atoms with E-state index < -0.39 is 0 Å². The standard InChI is InChI=1S/C19H20INO/c1-14-7-10-17(11-18(14)20)19(22)21(13-16-8-9-16)12-15-5-3-2-4-6-15/h2-7,10-11,16H,8-9,12-13H2,1H3. The lowest BCUT2D eigenvalue weighted by atomic mass is 10.1. The molecule has 0 aromatic heterocycles. The summed E-state index contributed by atoms with van der Waals surface area (Å²) in [5.74, 6) is 0.839. The zero-order valence-corrected chi connectivity index (χ0v) is 14.9. The average molecular weight is 405 g/mol. The number of hydrogen-bond donors (Lipinski definition) is 0. The molecule has 22 heavy (non-hydrogen) atoms. The third kappa shape index (κ3) is 3.88. The molecular weight excluding hydrogens is 385 g/mol. The fourth-order valence-electron chi connectivity index (χ4n) is 2.54. The molecule has 1 aliphatic rings. The van der Waals surface area contributed by atoms with Crippen molar-refractivity contribution in [3.05, 3.63) is 68.8 Å². The molecule has 0 bridgehead atoms. The van der Waals surface area contributed by atoms with E-state index in [-0.39, 0.29) is 5.91 Å². The van der Waals surface area contributed by atoms with Crippen LogP contribution in [-0.4, -0.2) is 17.4 Å². The van der Waals surface area contributed by atoms with Gasteiger partial charge in [-0.1, -0.05) is 36.4 Å². The van der Waals surface area contributed by atoms with E-state index in [4.69, 9.17) is 0 Å². The van der Waals surface area contributed by atoms with Crippen molar-refractivity contribution < 1.29 is 4.79 Å². The summed E-state index contributed by atoms with van der Waals surface area (Å²) >= 11 is 2.30. The lowest BCUT2D eigenvalue weighted by molar-refractivity contribution is 0.0735. The highest BCUT2D eigenvalue weighted by molar-refractivity contribution is 14.1. The maximum atomic E-state index is 12.9. The second-order valence-corrected chi connectivity index (χ2v) is 7.24. The summed E-state index contributed by atoms with van der Waals surface area (Å²) in [6.07, 6.45) is 2.51. The third-order valence-corrected chi connectivity index (χ3v) is 5.26. The monoisotopic (exact) mass is 405 g/mol. The van der Waals surface area contributed by atoms with Gasteiger partial charge in [-0.05, 0) is 71.5 Å². The summed E-state index contributed by atoms with van der Waals surface area (Å²) < 4.78 is 1.15. The van der Waals surface area contributed by atoms with Crippen LogP contribution in [-0.2, 0) is 6.54 Å². The van der Waals surface area contributed by atoms with Crippen LogP contribution < -0.4 is 0 Å². The first kappa shape index (κ1) is 15.5. The molecule has 2 aromatic rings. The SMILES string of the molecule is Cc1ccc(C(=O)N(Cc2ccccc2)CC2CC2)cc1I. The van der Waals surface area contributed by atoms with Crippen LogP contribution in [0.3, 0.4) is 0 Å². The Morgan fingerprint density at radius 2 is 1.91 bits per heavy atom. The highest BCUT2D eigenvalue weighted by atomic mass is 127. The van der Waals surface area contributed by atoms with Gasteiger partial charge in [-0.25, -0.2) is 0 Å². The summed E-state index contributed by atoms with van der Waals surface area (Å²) in [4.78, 5) is 14.9. The number of hydrogen-bond acceptors (Lipinski definition) is 1. The lowest BCUT2D eigenvalue weighted by Crippen LogP contribution is -2.32. The van der Waals surface area contributed by atoms with Gasteiger partial charge in [0.05, 0.1) is 0 Å². The van der Waals surface area contributed by atoms with E-state index in [1.165, 1.54) is 24.0 Å². The van der Waals surface area contributed by atoms with Gasteiger partial charge in [0.25, 0.3) is 5.91 Å². The second kappa shape index (κ2) is 6.82. The Labute approximate surface area is 145 Å². The van der Waals surface area contributed by atoms with Crippen molar-refractivity contribution >= 4 is 28.5 Å². The number of aryl methyl sites for hydroxylation is 1. The van der Waals surface area contributed by atoms with E-state index in [9.17, 15) is 4.79 Å². The molecule has 1 saturated carbocycles. The molecule has 1 aliphatic carbocycles. The molecule has 1 amide bonds. The molecule has 0 unspecified atom stereocenters. The molecule has 0 atom stereocenters. The summed E-state index contributed by atoms with van der Waals surface area (Å²) in [5, 5.41) is 0. The first-order valence-electron chi connectivity index (χ1n) is 7.73. The molecule has 114 valence electrons. The Morgan fingerprint density at radius 1 is 1.18 bits per heavy atom.